The minimum absolute atomic E-state index is 0.145. The zero-order chi connectivity index (χ0) is 18.9. The molecule has 140 valence electrons. The molecule has 1 aromatic carbocycles. The molecule has 2 aromatic rings. The lowest BCUT2D eigenvalue weighted by Gasteiger charge is -2.08. The summed E-state index contributed by atoms with van der Waals surface area (Å²) < 4.78 is 10.7. The van der Waals surface area contributed by atoms with Crippen LogP contribution in [0.15, 0.2) is 29.6 Å². The summed E-state index contributed by atoms with van der Waals surface area (Å²) in [6.45, 7) is 6.24. The Bertz CT molecular complexity index is 725. The van der Waals surface area contributed by atoms with E-state index in [4.69, 9.17) is 9.47 Å². The molecule has 7 heteroatoms. The van der Waals surface area contributed by atoms with Gasteiger partial charge in [0.25, 0.3) is 0 Å². The minimum Gasteiger partial charge on any atom is -0.486 e. The molecule has 0 saturated carbocycles. The van der Waals surface area contributed by atoms with Crippen molar-refractivity contribution in [3.05, 3.63) is 45.9 Å². The van der Waals surface area contributed by atoms with Crippen LogP contribution in [-0.4, -0.2) is 29.5 Å². The van der Waals surface area contributed by atoms with Crippen molar-refractivity contribution >= 4 is 23.2 Å². The van der Waals surface area contributed by atoms with Crippen molar-refractivity contribution in [1.29, 1.82) is 0 Å². The number of nitrogens with zero attached hydrogens (tertiary/aromatic N) is 1. The number of nitrogens with one attached hydrogen (secondary N) is 1. The first-order chi connectivity index (χ1) is 12.4. The van der Waals surface area contributed by atoms with Crippen LogP contribution in [0.3, 0.4) is 0 Å². The molecular weight excluding hydrogens is 352 g/mol. The first-order valence-corrected chi connectivity index (χ1v) is 9.39. The highest BCUT2D eigenvalue weighted by atomic mass is 32.1. The highest BCUT2D eigenvalue weighted by Gasteiger charge is 2.10. The molecule has 1 N–H and O–H groups in total. The van der Waals surface area contributed by atoms with Crippen molar-refractivity contribution in [3.63, 3.8) is 0 Å². The Kier molecular flexibility index (Phi) is 7.59. The molecule has 0 bridgehead atoms. The fraction of sp³-hybridized carbons (Fsp3) is 0.421. The van der Waals surface area contributed by atoms with Crippen LogP contribution in [0.2, 0.25) is 0 Å². The standard InChI is InChI=1S/C19H24N2O4S/c1-13(2)25-19(23)8-9-20-17(22)10-15-12-26-18(21-15)11-24-16-6-4-14(3)5-7-16/h4-7,12-13H,8-11H2,1-3H3,(H,20,22). The van der Waals surface area contributed by atoms with E-state index in [9.17, 15) is 9.59 Å². The van der Waals surface area contributed by atoms with E-state index in [0.717, 1.165) is 10.8 Å². The first kappa shape index (κ1) is 19.9. The average Bonchev–Trinajstić information content (AvgIpc) is 3.01. The molecule has 0 radical (unpaired) electrons. The number of hydrogen-bond acceptors (Lipinski definition) is 6. The monoisotopic (exact) mass is 376 g/mol. The lowest BCUT2D eigenvalue weighted by molar-refractivity contribution is -0.147. The molecule has 0 atom stereocenters. The van der Waals surface area contributed by atoms with E-state index in [0.29, 0.717) is 12.3 Å². The topological polar surface area (TPSA) is 77.5 Å². The maximum absolute atomic E-state index is 11.9. The van der Waals surface area contributed by atoms with Crippen LogP contribution in [-0.2, 0) is 27.4 Å². The van der Waals surface area contributed by atoms with Gasteiger partial charge in [-0.3, -0.25) is 9.59 Å². The van der Waals surface area contributed by atoms with Gasteiger partial charge in [-0.2, -0.15) is 0 Å². The maximum atomic E-state index is 11.9. The number of hydrogen-bond donors (Lipinski definition) is 1. The van der Waals surface area contributed by atoms with Crippen molar-refractivity contribution in [2.45, 2.75) is 46.3 Å². The molecule has 0 unspecified atom stereocenters. The zero-order valence-electron chi connectivity index (χ0n) is 15.3. The lowest BCUT2D eigenvalue weighted by Crippen LogP contribution is -2.28. The predicted octanol–water partition coefficient (Wildman–Crippen LogP) is 3.03. The van der Waals surface area contributed by atoms with Gasteiger partial charge < -0.3 is 14.8 Å². The van der Waals surface area contributed by atoms with E-state index >= 15 is 0 Å². The van der Waals surface area contributed by atoms with Crippen LogP contribution in [0, 0.1) is 6.92 Å². The Morgan fingerprint density at radius 3 is 2.65 bits per heavy atom. The quantitative estimate of drug-likeness (QED) is 0.681. The van der Waals surface area contributed by atoms with Crippen molar-refractivity contribution in [3.8, 4) is 5.75 Å². The second-order valence-electron chi connectivity index (χ2n) is 6.15. The van der Waals surface area contributed by atoms with Crippen LogP contribution >= 0.6 is 11.3 Å². The fourth-order valence-corrected chi connectivity index (χ4v) is 2.83. The van der Waals surface area contributed by atoms with Gasteiger partial charge in [0.1, 0.15) is 17.4 Å². The van der Waals surface area contributed by atoms with Gasteiger partial charge in [-0.05, 0) is 32.9 Å². The Morgan fingerprint density at radius 1 is 1.23 bits per heavy atom. The third-order valence-electron chi connectivity index (χ3n) is 3.34. The molecule has 2 rings (SSSR count). The predicted molar refractivity (Wildman–Crippen MR) is 100 cm³/mol. The Balaban J connectivity index is 1.70. The number of amides is 1. The summed E-state index contributed by atoms with van der Waals surface area (Å²) in [6, 6.07) is 7.82. The molecule has 1 heterocycles. The summed E-state index contributed by atoms with van der Waals surface area (Å²) in [5.41, 5.74) is 1.87. The molecule has 0 aliphatic heterocycles. The largest absolute Gasteiger partial charge is 0.486 e. The molecule has 0 saturated heterocycles. The zero-order valence-corrected chi connectivity index (χ0v) is 16.1. The van der Waals surface area contributed by atoms with Gasteiger partial charge in [0.2, 0.25) is 5.91 Å². The number of thiazole rings is 1. The van der Waals surface area contributed by atoms with Gasteiger partial charge >= 0.3 is 5.97 Å². The summed E-state index contributed by atoms with van der Waals surface area (Å²) in [6.07, 6.45) is 0.199. The Morgan fingerprint density at radius 2 is 1.96 bits per heavy atom. The highest BCUT2D eigenvalue weighted by molar-refractivity contribution is 7.09. The first-order valence-electron chi connectivity index (χ1n) is 8.51. The number of ether oxygens (including phenoxy) is 2. The minimum atomic E-state index is -0.315. The molecule has 26 heavy (non-hydrogen) atoms. The summed E-state index contributed by atoms with van der Waals surface area (Å²) in [4.78, 5) is 27.7. The molecule has 1 amide bonds. The SMILES string of the molecule is Cc1ccc(OCc2nc(CC(=O)NCCC(=O)OC(C)C)cs2)cc1. The molecular formula is C19H24N2O4S. The fourth-order valence-electron chi connectivity index (χ4n) is 2.13. The van der Waals surface area contributed by atoms with Gasteiger partial charge in [-0.15, -0.1) is 11.3 Å². The average molecular weight is 376 g/mol. The van der Waals surface area contributed by atoms with Gasteiger partial charge in [0, 0.05) is 11.9 Å². The number of aromatic nitrogens is 1. The molecule has 0 aliphatic rings. The smallest absolute Gasteiger partial charge is 0.307 e. The molecule has 0 fully saturated rings. The summed E-state index contributed by atoms with van der Waals surface area (Å²) in [5, 5.41) is 5.36. The Labute approximate surface area is 157 Å². The number of benzene rings is 1. The molecule has 6 nitrogen and oxygen atoms in total. The van der Waals surface area contributed by atoms with E-state index in [1.165, 1.54) is 16.9 Å². The van der Waals surface area contributed by atoms with E-state index in [1.807, 2.05) is 36.6 Å². The summed E-state index contributed by atoms with van der Waals surface area (Å²) >= 11 is 1.46. The number of aryl methyl sites for hydroxylation is 1. The van der Waals surface area contributed by atoms with E-state index in [2.05, 4.69) is 10.3 Å². The van der Waals surface area contributed by atoms with E-state index in [-0.39, 0.29) is 37.4 Å². The highest BCUT2D eigenvalue weighted by Crippen LogP contribution is 2.16. The van der Waals surface area contributed by atoms with Crippen molar-refractivity contribution in [1.82, 2.24) is 10.3 Å². The molecule has 0 spiro atoms. The lowest BCUT2D eigenvalue weighted by atomic mass is 10.2. The van der Waals surface area contributed by atoms with Gasteiger partial charge in [-0.25, -0.2) is 4.98 Å². The van der Waals surface area contributed by atoms with Gasteiger partial charge in [0.15, 0.2) is 0 Å². The van der Waals surface area contributed by atoms with E-state index < -0.39 is 0 Å². The van der Waals surface area contributed by atoms with E-state index in [1.54, 1.807) is 13.8 Å². The Hall–Kier alpha value is -2.41. The molecule has 1 aromatic heterocycles. The van der Waals surface area contributed by atoms with Gasteiger partial charge in [0.05, 0.1) is 24.6 Å². The number of carbonyl (C=O) groups is 2. The third-order valence-corrected chi connectivity index (χ3v) is 4.21. The number of rotatable bonds is 9. The summed E-state index contributed by atoms with van der Waals surface area (Å²) in [7, 11) is 0. The number of esters is 1. The van der Waals surface area contributed by atoms with Crippen molar-refractivity contribution in [2.24, 2.45) is 0 Å². The van der Waals surface area contributed by atoms with Gasteiger partial charge in [-0.1, -0.05) is 17.7 Å². The van der Waals surface area contributed by atoms with Crippen molar-refractivity contribution in [2.75, 3.05) is 6.54 Å². The second kappa shape index (κ2) is 9.91. The summed E-state index contributed by atoms with van der Waals surface area (Å²) in [5.74, 6) is 0.307. The van der Waals surface area contributed by atoms with Crippen LogP contribution in [0.5, 0.6) is 5.75 Å². The molecule has 0 aliphatic carbocycles. The van der Waals surface area contributed by atoms with Crippen molar-refractivity contribution < 1.29 is 19.1 Å². The van der Waals surface area contributed by atoms with Crippen LogP contribution in [0.1, 0.15) is 36.5 Å². The maximum Gasteiger partial charge on any atom is 0.307 e. The normalized spacial score (nSPS) is 10.6. The van der Waals surface area contributed by atoms with Crippen LogP contribution in [0.25, 0.3) is 0 Å². The number of carbonyl (C=O) groups excluding carboxylic acids is 2. The second-order valence-corrected chi connectivity index (χ2v) is 7.09. The van der Waals surface area contributed by atoms with Crippen LogP contribution in [0.4, 0.5) is 0 Å². The third kappa shape index (κ3) is 7.23. The van der Waals surface area contributed by atoms with Crippen LogP contribution < -0.4 is 10.1 Å².